The summed E-state index contributed by atoms with van der Waals surface area (Å²) in [6, 6.07) is 5.20. The van der Waals surface area contributed by atoms with Crippen molar-refractivity contribution in [2.45, 2.75) is 0 Å². The van der Waals surface area contributed by atoms with Gasteiger partial charge in [-0.3, -0.25) is 0 Å². The lowest BCUT2D eigenvalue weighted by molar-refractivity contribution is 0.471. The van der Waals surface area contributed by atoms with Crippen molar-refractivity contribution in [3.63, 3.8) is 0 Å². The van der Waals surface area contributed by atoms with Gasteiger partial charge in [0.25, 0.3) is 6.01 Å². The Morgan fingerprint density at radius 3 is 2.86 bits per heavy atom. The molecule has 2 rings (SSSR count). The van der Waals surface area contributed by atoms with Crippen molar-refractivity contribution < 1.29 is 9.52 Å². The molecule has 3 N–H and O–H groups in total. The van der Waals surface area contributed by atoms with Crippen LogP contribution in [0.25, 0.3) is 11.3 Å². The maximum Gasteiger partial charge on any atom is 0.292 e. The number of nitrogens with two attached hydrogens (primary N) is 1. The summed E-state index contributed by atoms with van der Waals surface area (Å²) in [7, 11) is 0. The Bertz CT molecular complexity index is 468. The highest BCUT2D eigenvalue weighted by molar-refractivity contribution is 9.10. The minimum atomic E-state index is 0.107. The minimum Gasteiger partial charge on any atom is -0.507 e. The van der Waals surface area contributed by atoms with E-state index in [2.05, 4.69) is 20.9 Å². The van der Waals surface area contributed by atoms with Crippen LogP contribution in [0.3, 0.4) is 0 Å². The van der Waals surface area contributed by atoms with Crippen LogP contribution in [0.2, 0.25) is 0 Å². The lowest BCUT2D eigenvalue weighted by Crippen LogP contribution is -1.80. The molecule has 0 radical (unpaired) electrons. The van der Waals surface area contributed by atoms with Crippen molar-refractivity contribution in [2.75, 3.05) is 5.73 Å². The summed E-state index contributed by atoms with van der Waals surface area (Å²) >= 11 is 3.25. The second-order valence-electron chi connectivity index (χ2n) is 2.70. The molecule has 0 atom stereocenters. The summed E-state index contributed by atoms with van der Waals surface area (Å²) in [5.74, 6) is 0.669. The first kappa shape index (κ1) is 9.08. The van der Waals surface area contributed by atoms with Crippen LogP contribution in [0, 0.1) is 0 Å². The highest BCUT2D eigenvalue weighted by Gasteiger charge is 2.10. The molecule has 0 saturated heterocycles. The van der Waals surface area contributed by atoms with Crippen molar-refractivity contribution in [3.8, 4) is 17.1 Å². The molecule has 0 spiro atoms. The van der Waals surface area contributed by atoms with Gasteiger partial charge in [-0.15, -0.1) is 0 Å². The van der Waals surface area contributed by atoms with Crippen LogP contribution >= 0.6 is 15.9 Å². The predicted octanol–water partition coefficient (Wildman–Crippen LogP) is 2.39. The molecular formula is C9H7BrN2O2. The molecule has 5 heteroatoms. The van der Waals surface area contributed by atoms with Gasteiger partial charge < -0.3 is 15.3 Å². The Morgan fingerprint density at radius 2 is 2.21 bits per heavy atom. The zero-order valence-corrected chi connectivity index (χ0v) is 8.65. The van der Waals surface area contributed by atoms with E-state index in [1.165, 1.54) is 6.20 Å². The number of anilines is 1. The Hall–Kier alpha value is -1.49. The Balaban J connectivity index is 2.57. The van der Waals surface area contributed by atoms with E-state index in [9.17, 15) is 5.11 Å². The smallest absolute Gasteiger partial charge is 0.292 e. The molecule has 0 aliphatic rings. The number of halogens is 1. The highest BCUT2D eigenvalue weighted by Crippen LogP contribution is 2.35. The summed E-state index contributed by atoms with van der Waals surface area (Å²) < 4.78 is 5.70. The molecule has 0 unspecified atom stereocenters. The molecule has 1 heterocycles. The average Bonchev–Trinajstić information content (AvgIpc) is 2.57. The zero-order chi connectivity index (χ0) is 10.1. The predicted molar refractivity (Wildman–Crippen MR) is 55.7 cm³/mol. The van der Waals surface area contributed by atoms with Crippen LogP contribution in [-0.2, 0) is 0 Å². The highest BCUT2D eigenvalue weighted by atomic mass is 79.9. The van der Waals surface area contributed by atoms with E-state index in [4.69, 9.17) is 10.2 Å². The summed E-state index contributed by atoms with van der Waals surface area (Å²) in [5, 5.41) is 9.43. The molecule has 0 amide bonds. The monoisotopic (exact) mass is 254 g/mol. The third-order valence-corrected chi connectivity index (χ3v) is 2.60. The number of nitrogens with zero attached hydrogens (tertiary/aromatic N) is 1. The van der Waals surface area contributed by atoms with Gasteiger partial charge in [-0.2, -0.15) is 0 Å². The van der Waals surface area contributed by atoms with Crippen molar-refractivity contribution >= 4 is 21.9 Å². The molecule has 0 fully saturated rings. The normalized spacial score (nSPS) is 10.4. The van der Waals surface area contributed by atoms with E-state index < -0.39 is 0 Å². The first-order chi connectivity index (χ1) is 6.68. The average molecular weight is 255 g/mol. The molecule has 0 aliphatic heterocycles. The van der Waals surface area contributed by atoms with Crippen molar-refractivity contribution in [1.82, 2.24) is 4.98 Å². The van der Waals surface area contributed by atoms with Crippen LogP contribution in [0.4, 0.5) is 6.01 Å². The van der Waals surface area contributed by atoms with Crippen LogP contribution in [0.1, 0.15) is 0 Å². The van der Waals surface area contributed by atoms with Gasteiger partial charge in [0.05, 0.1) is 10.7 Å². The second-order valence-corrected chi connectivity index (χ2v) is 3.49. The Kier molecular flexibility index (Phi) is 2.17. The number of hydrogen-bond donors (Lipinski definition) is 2. The zero-order valence-electron chi connectivity index (χ0n) is 7.07. The molecule has 0 saturated carbocycles. The number of oxazole rings is 1. The largest absolute Gasteiger partial charge is 0.507 e. The molecule has 4 nitrogen and oxygen atoms in total. The molecule has 72 valence electrons. The molecule has 1 aromatic heterocycles. The van der Waals surface area contributed by atoms with E-state index in [0.29, 0.717) is 15.8 Å². The number of rotatable bonds is 1. The maximum atomic E-state index is 9.43. The van der Waals surface area contributed by atoms with Crippen molar-refractivity contribution in [1.29, 1.82) is 0 Å². The van der Waals surface area contributed by atoms with E-state index in [1.54, 1.807) is 18.2 Å². The molecule has 14 heavy (non-hydrogen) atoms. The van der Waals surface area contributed by atoms with Crippen LogP contribution < -0.4 is 5.73 Å². The summed E-state index contributed by atoms with van der Waals surface area (Å²) in [6.07, 6.45) is 1.51. The standard InChI is InChI=1S/C9H7BrN2O2/c10-8-5(2-1-3-6(8)13)7-4-12-9(11)14-7/h1-4,13H,(H2,11,12). The Labute approximate surface area is 88.5 Å². The van der Waals surface area contributed by atoms with Crippen molar-refractivity contribution in [2.24, 2.45) is 0 Å². The third kappa shape index (κ3) is 1.46. The van der Waals surface area contributed by atoms with Gasteiger partial charge in [0.15, 0.2) is 5.76 Å². The van der Waals surface area contributed by atoms with E-state index in [1.807, 2.05) is 0 Å². The van der Waals surface area contributed by atoms with Crippen LogP contribution in [0.15, 0.2) is 33.3 Å². The Morgan fingerprint density at radius 1 is 1.43 bits per heavy atom. The minimum absolute atomic E-state index is 0.107. The van der Waals surface area contributed by atoms with Gasteiger partial charge in [0.2, 0.25) is 0 Å². The molecular weight excluding hydrogens is 248 g/mol. The molecule has 0 bridgehead atoms. The summed E-state index contributed by atoms with van der Waals surface area (Å²) in [4.78, 5) is 3.77. The van der Waals surface area contributed by atoms with Gasteiger partial charge >= 0.3 is 0 Å². The number of phenolic OH excluding ortho intramolecular Hbond substituents is 1. The third-order valence-electron chi connectivity index (χ3n) is 1.77. The number of phenols is 1. The molecule has 2 aromatic rings. The number of hydrogen-bond acceptors (Lipinski definition) is 4. The van der Waals surface area contributed by atoms with Gasteiger partial charge in [0.1, 0.15) is 5.75 Å². The quantitative estimate of drug-likeness (QED) is 0.820. The fraction of sp³-hybridized carbons (Fsp3) is 0. The lowest BCUT2D eigenvalue weighted by Gasteiger charge is -2.01. The fourth-order valence-corrected chi connectivity index (χ4v) is 1.58. The van der Waals surface area contributed by atoms with E-state index in [-0.39, 0.29) is 11.8 Å². The number of aromatic hydroxyl groups is 1. The van der Waals surface area contributed by atoms with Crippen LogP contribution in [0.5, 0.6) is 5.75 Å². The van der Waals surface area contributed by atoms with Gasteiger partial charge in [-0.1, -0.05) is 6.07 Å². The summed E-state index contributed by atoms with van der Waals surface area (Å²) in [6.45, 7) is 0. The van der Waals surface area contributed by atoms with Gasteiger partial charge in [-0.25, -0.2) is 4.98 Å². The van der Waals surface area contributed by atoms with Crippen LogP contribution in [-0.4, -0.2) is 10.1 Å². The first-order valence-corrected chi connectivity index (χ1v) is 4.67. The topological polar surface area (TPSA) is 72.3 Å². The molecule has 0 aliphatic carbocycles. The summed E-state index contributed by atoms with van der Waals surface area (Å²) in [5.41, 5.74) is 6.07. The fourth-order valence-electron chi connectivity index (χ4n) is 1.12. The lowest BCUT2D eigenvalue weighted by atomic mass is 10.2. The van der Waals surface area contributed by atoms with Gasteiger partial charge in [-0.05, 0) is 28.1 Å². The second kappa shape index (κ2) is 3.34. The number of nitrogen functional groups attached to an aromatic ring is 1. The number of aromatic nitrogens is 1. The van der Waals surface area contributed by atoms with E-state index >= 15 is 0 Å². The first-order valence-electron chi connectivity index (χ1n) is 3.87. The molecule has 1 aromatic carbocycles. The maximum absolute atomic E-state index is 9.43. The number of benzene rings is 1. The van der Waals surface area contributed by atoms with E-state index in [0.717, 1.165) is 0 Å². The van der Waals surface area contributed by atoms with Gasteiger partial charge in [0, 0.05) is 5.56 Å². The SMILES string of the molecule is Nc1ncc(-c2cccc(O)c2Br)o1. The van der Waals surface area contributed by atoms with Crippen molar-refractivity contribution in [3.05, 3.63) is 28.9 Å².